The lowest BCUT2D eigenvalue weighted by Crippen LogP contribution is -2.36. The lowest BCUT2D eigenvalue weighted by Gasteiger charge is -2.09. The lowest BCUT2D eigenvalue weighted by molar-refractivity contribution is -0.121. The third kappa shape index (κ3) is 7.29. The first-order valence-electron chi connectivity index (χ1n) is 3.73. The lowest BCUT2D eigenvalue weighted by atomic mass is 10.5. The number of hydrogen-bond donors (Lipinski definition) is 2. The summed E-state index contributed by atoms with van der Waals surface area (Å²) in [6.07, 6.45) is 0. The molecule has 0 rings (SSSR count). The van der Waals surface area contributed by atoms with Crippen molar-refractivity contribution in [3.8, 4) is 0 Å². The summed E-state index contributed by atoms with van der Waals surface area (Å²) in [6, 6.07) is 0. The van der Waals surface area contributed by atoms with Gasteiger partial charge >= 0.3 is 0 Å². The summed E-state index contributed by atoms with van der Waals surface area (Å²) in [6.45, 7) is 1.98. The minimum Gasteiger partial charge on any atom is -0.354 e. The van der Waals surface area contributed by atoms with Crippen molar-refractivity contribution in [3.63, 3.8) is 0 Å². The maximum absolute atomic E-state index is 10.9. The van der Waals surface area contributed by atoms with Gasteiger partial charge in [-0.2, -0.15) is 0 Å². The molecule has 0 aliphatic heterocycles. The van der Waals surface area contributed by atoms with Crippen molar-refractivity contribution in [2.24, 2.45) is 0 Å². The summed E-state index contributed by atoms with van der Waals surface area (Å²) >= 11 is 0. The summed E-state index contributed by atoms with van der Waals surface area (Å²) in [5, 5.41) is 5.72. The molecule has 0 heterocycles. The van der Waals surface area contributed by atoms with Crippen molar-refractivity contribution >= 4 is 5.91 Å². The third-order valence-corrected chi connectivity index (χ3v) is 1.16. The third-order valence-electron chi connectivity index (χ3n) is 1.16. The summed E-state index contributed by atoms with van der Waals surface area (Å²) in [7, 11) is 5.60. The molecule has 0 atom stereocenters. The summed E-state index contributed by atoms with van der Waals surface area (Å²) in [5.41, 5.74) is 0. The van der Waals surface area contributed by atoms with E-state index in [9.17, 15) is 4.79 Å². The normalized spacial score (nSPS) is 10.2. The van der Waals surface area contributed by atoms with Crippen LogP contribution in [0.25, 0.3) is 0 Å². The van der Waals surface area contributed by atoms with E-state index in [4.69, 9.17) is 0 Å². The first-order chi connectivity index (χ1) is 5.16. The standard InChI is InChI=1S/C7H17N3O/c1-8-4-5-9-7(11)6-10(2)3/h8H,4-6H2,1-3H3,(H,9,11). The van der Waals surface area contributed by atoms with Gasteiger partial charge in [-0.25, -0.2) is 0 Å². The zero-order valence-electron chi connectivity index (χ0n) is 7.48. The van der Waals surface area contributed by atoms with E-state index in [1.807, 2.05) is 26.0 Å². The first kappa shape index (κ1) is 10.4. The fourth-order valence-corrected chi connectivity index (χ4v) is 0.670. The molecule has 2 N–H and O–H groups in total. The van der Waals surface area contributed by atoms with Gasteiger partial charge in [0.1, 0.15) is 0 Å². The van der Waals surface area contributed by atoms with Crippen LogP contribution in [0.1, 0.15) is 0 Å². The highest BCUT2D eigenvalue weighted by Crippen LogP contribution is 1.72. The molecule has 0 saturated carbocycles. The van der Waals surface area contributed by atoms with Gasteiger partial charge in [-0.05, 0) is 21.1 Å². The Kier molecular flexibility index (Phi) is 5.78. The SMILES string of the molecule is CNCCNC(=O)CN(C)C. The van der Waals surface area contributed by atoms with E-state index in [1.165, 1.54) is 0 Å². The van der Waals surface area contributed by atoms with Crippen LogP contribution in [0.4, 0.5) is 0 Å². The van der Waals surface area contributed by atoms with Crippen molar-refractivity contribution in [1.29, 1.82) is 0 Å². The molecule has 66 valence electrons. The van der Waals surface area contributed by atoms with Gasteiger partial charge in [0.15, 0.2) is 0 Å². The fraction of sp³-hybridized carbons (Fsp3) is 0.857. The summed E-state index contributed by atoms with van der Waals surface area (Å²) in [5.74, 6) is 0.0743. The second-order valence-electron chi connectivity index (χ2n) is 2.69. The van der Waals surface area contributed by atoms with E-state index in [0.29, 0.717) is 13.1 Å². The Hall–Kier alpha value is -0.610. The number of rotatable bonds is 5. The van der Waals surface area contributed by atoms with E-state index in [1.54, 1.807) is 0 Å². The van der Waals surface area contributed by atoms with Crippen molar-refractivity contribution in [2.45, 2.75) is 0 Å². The fourth-order valence-electron chi connectivity index (χ4n) is 0.670. The van der Waals surface area contributed by atoms with Gasteiger partial charge in [0.25, 0.3) is 0 Å². The highest BCUT2D eigenvalue weighted by Gasteiger charge is 1.99. The van der Waals surface area contributed by atoms with Crippen LogP contribution in [0.5, 0.6) is 0 Å². The van der Waals surface area contributed by atoms with Gasteiger partial charge in [0, 0.05) is 13.1 Å². The molecule has 4 nitrogen and oxygen atoms in total. The molecular formula is C7H17N3O. The molecule has 0 aromatic heterocycles. The van der Waals surface area contributed by atoms with Crippen LogP contribution in [0.15, 0.2) is 0 Å². The summed E-state index contributed by atoms with van der Waals surface area (Å²) in [4.78, 5) is 12.8. The minimum absolute atomic E-state index is 0.0743. The zero-order chi connectivity index (χ0) is 8.69. The maximum atomic E-state index is 10.9. The molecule has 0 aliphatic carbocycles. The molecule has 1 amide bonds. The molecule has 11 heavy (non-hydrogen) atoms. The predicted octanol–water partition coefficient (Wildman–Crippen LogP) is -1.12. The van der Waals surface area contributed by atoms with Crippen molar-refractivity contribution < 1.29 is 4.79 Å². The molecule has 0 unspecified atom stereocenters. The Morgan fingerprint density at radius 1 is 1.36 bits per heavy atom. The Balaban J connectivity index is 3.23. The second-order valence-corrected chi connectivity index (χ2v) is 2.69. The number of hydrogen-bond acceptors (Lipinski definition) is 3. The Morgan fingerprint density at radius 3 is 2.45 bits per heavy atom. The Bertz CT molecular complexity index is 114. The number of carbonyl (C=O) groups excluding carboxylic acids is 1. The molecule has 0 spiro atoms. The van der Waals surface area contributed by atoms with E-state index in [0.717, 1.165) is 6.54 Å². The smallest absolute Gasteiger partial charge is 0.234 e. The maximum Gasteiger partial charge on any atom is 0.234 e. The summed E-state index contributed by atoms with van der Waals surface area (Å²) < 4.78 is 0. The van der Waals surface area contributed by atoms with Gasteiger partial charge in [-0.1, -0.05) is 0 Å². The second kappa shape index (κ2) is 6.12. The van der Waals surface area contributed by atoms with E-state index in [2.05, 4.69) is 10.6 Å². The van der Waals surface area contributed by atoms with Crippen LogP contribution >= 0.6 is 0 Å². The average molecular weight is 159 g/mol. The minimum atomic E-state index is 0.0743. The molecular weight excluding hydrogens is 142 g/mol. The average Bonchev–Trinajstić information content (AvgIpc) is 1.86. The number of carbonyl (C=O) groups is 1. The molecule has 0 aromatic carbocycles. The van der Waals surface area contributed by atoms with Gasteiger partial charge in [0.05, 0.1) is 6.54 Å². The number of nitrogens with zero attached hydrogens (tertiary/aromatic N) is 1. The van der Waals surface area contributed by atoms with Crippen LogP contribution in [0, 0.1) is 0 Å². The molecule has 0 aromatic rings. The van der Waals surface area contributed by atoms with Gasteiger partial charge in [-0.3, -0.25) is 4.79 Å². The van der Waals surface area contributed by atoms with Crippen LogP contribution in [-0.2, 0) is 4.79 Å². The van der Waals surface area contributed by atoms with Crippen LogP contribution in [0.3, 0.4) is 0 Å². The van der Waals surface area contributed by atoms with Crippen LogP contribution in [-0.4, -0.2) is 51.6 Å². The predicted molar refractivity (Wildman–Crippen MR) is 45.5 cm³/mol. The quantitative estimate of drug-likeness (QED) is 0.500. The Labute approximate surface area is 67.9 Å². The van der Waals surface area contributed by atoms with E-state index >= 15 is 0 Å². The molecule has 0 fully saturated rings. The highest BCUT2D eigenvalue weighted by atomic mass is 16.1. The van der Waals surface area contributed by atoms with Gasteiger partial charge < -0.3 is 15.5 Å². The highest BCUT2D eigenvalue weighted by molar-refractivity contribution is 5.77. The Morgan fingerprint density at radius 2 is 2.00 bits per heavy atom. The van der Waals surface area contributed by atoms with Crippen molar-refractivity contribution in [3.05, 3.63) is 0 Å². The van der Waals surface area contributed by atoms with E-state index in [-0.39, 0.29) is 5.91 Å². The first-order valence-corrected chi connectivity index (χ1v) is 3.73. The van der Waals surface area contributed by atoms with Gasteiger partial charge in [-0.15, -0.1) is 0 Å². The van der Waals surface area contributed by atoms with E-state index < -0.39 is 0 Å². The molecule has 0 saturated heterocycles. The molecule has 0 aliphatic rings. The zero-order valence-corrected chi connectivity index (χ0v) is 7.48. The monoisotopic (exact) mass is 159 g/mol. The van der Waals surface area contributed by atoms with Gasteiger partial charge in [0.2, 0.25) is 5.91 Å². The van der Waals surface area contributed by atoms with Crippen molar-refractivity contribution in [2.75, 3.05) is 40.8 Å². The molecule has 0 bridgehead atoms. The number of likely N-dealkylation sites (N-methyl/N-ethyl adjacent to an activating group) is 2. The van der Waals surface area contributed by atoms with Crippen LogP contribution < -0.4 is 10.6 Å². The largest absolute Gasteiger partial charge is 0.354 e. The van der Waals surface area contributed by atoms with Crippen molar-refractivity contribution in [1.82, 2.24) is 15.5 Å². The number of nitrogens with one attached hydrogen (secondary N) is 2. The topological polar surface area (TPSA) is 44.4 Å². The van der Waals surface area contributed by atoms with Crippen LogP contribution in [0.2, 0.25) is 0 Å². The molecule has 0 radical (unpaired) electrons. The molecule has 4 heteroatoms. The number of amides is 1.